The summed E-state index contributed by atoms with van der Waals surface area (Å²) < 4.78 is 0. The van der Waals surface area contributed by atoms with Crippen LogP contribution in [0.5, 0.6) is 0 Å². The first kappa shape index (κ1) is 17.9. The molecule has 0 fully saturated rings. The molecule has 0 atom stereocenters. The number of nitrogens with two attached hydrogens (primary N) is 1. The molecule has 2 amide bonds. The van der Waals surface area contributed by atoms with Crippen LogP contribution < -0.4 is 11.1 Å². The minimum atomic E-state index is -0.452. The first-order valence-electron chi connectivity index (χ1n) is 6.92. The van der Waals surface area contributed by atoms with Gasteiger partial charge in [0.25, 0.3) is 5.91 Å². The molecule has 1 aliphatic rings. The van der Waals surface area contributed by atoms with Gasteiger partial charge in [0.1, 0.15) is 5.00 Å². The Morgan fingerprint density at radius 3 is 2.62 bits per heavy atom. The second-order valence-electron chi connectivity index (χ2n) is 5.29. The predicted octanol–water partition coefficient (Wildman–Crippen LogP) is 2.38. The highest BCUT2D eigenvalue weighted by Gasteiger charge is 2.28. The second kappa shape index (κ2) is 7.24. The number of carbonyl (C=O) groups is 2. The van der Waals surface area contributed by atoms with Gasteiger partial charge in [-0.05, 0) is 25.8 Å². The first-order chi connectivity index (χ1) is 9.43. The molecule has 0 aromatic carbocycles. The topological polar surface area (TPSA) is 75.4 Å². The number of carbonyl (C=O) groups excluding carboxylic acids is 2. The summed E-state index contributed by atoms with van der Waals surface area (Å²) in [5, 5.41) is 3.41. The molecular weight excluding hydrogens is 310 g/mol. The van der Waals surface area contributed by atoms with E-state index in [9.17, 15) is 9.59 Å². The van der Waals surface area contributed by atoms with Crippen molar-refractivity contribution in [3.8, 4) is 0 Å². The maximum Gasteiger partial charge on any atom is 0.251 e. The molecule has 0 unspecified atom stereocenters. The largest absolute Gasteiger partial charge is 0.365 e. The van der Waals surface area contributed by atoms with E-state index in [1.807, 2.05) is 0 Å². The highest BCUT2D eigenvalue weighted by atomic mass is 35.5. The summed E-state index contributed by atoms with van der Waals surface area (Å²) in [6.07, 6.45) is 1.20. The number of thiophene rings is 1. The summed E-state index contributed by atoms with van der Waals surface area (Å²) >= 11 is 1.48. The van der Waals surface area contributed by atoms with Gasteiger partial charge in [0, 0.05) is 30.4 Å². The molecule has 0 saturated heterocycles. The molecule has 3 N–H and O–H groups in total. The van der Waals surface area contributed by atoms with Crippen LogP contribution in [-0.4, -0.2) is 29.3 Å². The Balaban J connectivity index is 0.00000220. The van der Waals surface area contributed by atoms with Gasteiger partial charge in [-0.25, -0.2) is 0 Å². The van der Waals surface area contributed by atoms with Gasteiger partial charge in [-0.15, -0.1) is 23.7 Å². The Kier molecular flexibility index (Phi) is 6.19. The van der Waals surface area contributed by atoms with Gasteiger partial charge in [0.2, 0.25) is 5.91 Å². The standard InChI is InChI=1S/C14H21N3O2S.ClH/c1-4-11(18)16-14-12(13(15)19)9-5-6-17(8(2)3)7-10(9)20-14;/h8H,4-7H2,1-3H3,(H2,15,19)(H,16,18);1H. The van der Waals surface area contributed by atoms with E-state index in [0.717, 1.165) is 30.0 Å². The average Bonchev–Trinajstić information content (AvgIpc) is 2.74. The number of nitrogens with one attached hydrogen (secondary N) is 1. The Hall–Kier alpha value is -1.11. The molecule has 5 nitrogen and oxygen atoms in total. The molecule has 0 radical (unpaired) electrons. The van der Waals surface area contributed by atoms with Gasteiger partial charge in [0.15, 0.2) is 0 Å². The maximum absolute atomic E-state index is 11.7. The molecule has 118 valence electrons. The lowest BCUT2D eigenvalue weighted by atomic mass is 10.0. The quantitative estimate of drug-likeness (QED) is 0.889. The SMILES string of the molecule is CCC(=O)Nc1sc2c(c1C(N)=O)CCN(C(C)C)C2.Cl. The third-order valence-corrected chi connectivity index (χ3v) is 4.77. The van der Waals surface area contributed by atoms with E-state index >= 15 is 0 Å². The van der Waals surface area contributed by atoms with Crippen molar-refractivity contribution in [2.75, 3.05) is 11.9 Å². The molecule has 7 heteroatoms. The van der Waals surface area contributed by atoms with E-state index in [2.05, 4.69) is 24.1 Å². The van der Waals surface area contributed by atoms with Crippen LogP contribution in [-0.2, 0) is 17.8 Å². The number of nitrogens with zero attached hydrogens (tertiary/aromatic N) is 1. The van der Waals surface area contributed by atoms with Crippen molar-refractivity contribution in [1.29, 1.82) is 0 Å². The molecule has 1 aromatic heterocycles. The van der Waals surface area contributed by atoms with E-state index in [1.165, 1.54) is 11.3 Å². The predicted molar refractivity (Wildman–Crippen MR) is 88.3 cm³/mol. The number of anilines is 1. The first-order valence-corrected chi connectivity index (χ1v) is 7.73. The molecule has 0 aliphatic carbocycles. The maximum atomic E-state index is 11.7. The van der Waals surface area contributed by atoms with Gasteiger partial charge in [-0.3, -0.25) is 14.5 Å². The summed E-state index contributed by atoms with van der Waals surface area (Å²) in [5.41, 5.74) is 7.03. The number of halogens is 1. The fourth-order valence-corrected chi connectivity index (χ4v) is 3.72. The van der Waals surface area contributed by atoms with Crippen LogP contribution in [0.2, 0.25) is 0 Å². The van der Waals surface area contributed by atoms with Crippen LogP contribution >= 0.6 is 23.7 Å². The van der Waals surface area contributed by atoms with Crippen molar-refractivity contribution in [3.05, 3.63) is 16.0 Å². The Morgan fingerprint density at radius 1 is 1.43 bits per heavy atom. The highest BCUT2D eigenvalue weighted by molar-refractivity contribution is 7.17. The van der Waals surface area contributed by atoms with Gasteiger partial charge in [0.05, 0.1) is 5.56 Å². The third kappa shape index (κ3) is 3.75. The van der Waals surface area contributed by atoms with Crippen molar-refractivity contribution in [2.45, 2.75) is 46.2 Å². The van der Waals surface area contributed by atoms with Crippen LogP contribution in [0.15, 0.2) is 0 Å². The smallest absolute Gasteiger partial charge is 0.251 e. The summed E-state index contributed by atoms with van der Waals surface area (Å²) in [6, 6.07) is 0.468. The number of hydrogen-bond donors (Lipinski definition) is 2. The highest BCUT2D eigenvalue weighted by Crippen LogP contribution is 2.37. The van der Waals surface area contributed by atoms with Crippen molar-refractivity contribution in [3.63, 3.8) is 0 Å². The number of amides is 2. The molecule has 0 saturated carbocycles. The molecule has 0 spiro atoms. The van der Waals surface area contributed by atoms with Gasteiger partial charge < -0.3 is 11.1 Å². The number of primary amides is 1. The zero-order chi connectivity index (χ0) is 14.9. The average molecular weight is 332 g/mol. The summed E-state index contributed by atoms with van der Waals surface area (Å²) in [4.78, 5) is 26.8. The van der Waals surface area contributed by atoms with E-state index < -0.39 is 5.91 Å². The molecular formula is C14H22ClN3O2S. The zero-order valence-corrected chi connectivity index (χ0v) is 14.2. The van der Waals surface area contributed by atoms with E-state index in [4.69, 9.17) is 5.73 Å². The fourth-order valence-electron chi connectivity index (χ4n) is 2.43. The summed E-state index contributed by atoms with van der Waals surface area (Å²) in [5.74, 6) is -0.543. The van der Waals surface area contributed by atoms with Crippen LogP contribution in [0.3, 0.4) is 0 Å². The fraction of sp³-hybridized carbons (Fsp3) is 0.571. The van der Waals surface area contributed by atoms with Gasteiger partial charge in [-0.1, -0.05) is 6.92 Å². The van der Waals surface area contributed by atoms with Crippen LogP contribution in [0.4, 0.5) is 5.00 Å². The van der Waals surface area contributed by atoms with Crippen LogP contribution in [0, 0.1) is 0 Å². The molecule has 0 bridgehead atoms. The van der Waals surface area contributed by atoms with Crippen LogP contribution in [0.1, 0.15) is 48.0 Å². The third-order valence-electron chi connectivity index (χ3n) is 3.64. The zero-order valence-electron chi connectivity index (χ0n) is 12.6. The van der Waals surface area contributed by atoms with Crippen molar-refractivity contribution in [1.82, 2.24) is 4.90 Å². The lowest BCUT2D eigenvalue weighted by Gasteiger charge is -2.30. The minimum Gasteiger partial charge on any atom is -0.365 e. The Morgan fingerprint density at radius 2 is 2.10 bits per heavy atom. The number of rotatable bonds is 4. The van der Waals surface area contributed by atoms with Crippen LogP contribution in [0.25, 0.3) is 0 Å². The number of fused-ring (bicyclic) bond motifs is 1. The van der Waals surface area contributed by atoms with Gasteiger partial charge in [-0.2, -0.15) is 0 Å². The number of hydrogen-bond acceptors (Lipinski definition) is 4. The van der Waals surface area contributed by atoms with E-state index in [-0.39, 0.29) is 18.3 Å². The normalized spacial score (nSPS) is 14.5. The van der Waals surface area contributed by atoms with E-state index in [1.54, 1.807) is 6.92 Å². The summed E-state index contributed by atoms with van der Waals surface area (Å²) in [7, 11) is 0. The molecule has 21 heavy (non-hydrogen) atoms. The summed E-state index contributed by atoms with van der Waals surface area (Å²) in [6.45, 7) is 7.84. The minimum absolute atomic E-state index is 0. The monoisotopic (exact) mass is 331 g/mol. The Bertz CT molecular complexity index is 543. The molecule has 1 aromatic rings. The molecule has 1 aliphatic heterocycles. The molecule has 2 rings (SSSR count). The Labute approximate surface area is 135 Å². The lowest BCUT2D eigenvalue weighted by molar-refractivity contribution is -0.115. The van der Waals surface area contributed by atoms with Crippen molar-refractivity contribution in [2.24, 2.45) is 5.73 Å². The second-order valence-corrected chi connectivity index (χ2v) is 6.39. The van der Waals surface area contributed by atoms with E-state index in [0.29, 0.717) is 23.0 Å². The van der Waals surface area contributed by atoms with Gasteiger partial charge >= 0.3 is 0 Å². The van der Waals surface area contributed by atoms with Crippen molar-refractivity contribution < 1.29 is 9.59 Å². The molecule has 2 heterocycles. The van der Waals surface area contributed by atoms with Crippen molar-refractivity contribution >= 4 is 40.6 Å². The lowest BCUT2D eigenvalue weighted by Crippen LogP contribution is -2.35.